The van der Waals surface area contributed by atoms with E-state index in [0.29, 0.717) is 13.1 Å². The van der Waals surface area contributed by atoms with Crippen molar-refractivity contribution in [2.24, 2.45) is 5.29 Å². The van der Waals surface area contributed by atoms with E-state index >= 15 is 0 Å². The summed E-state index contributed by atoms with van der Waals surface area (Å²) in [5, 5.41) is 13.5. The molecule has 9 heavy (non-hydrogen) atoms. The Morgan fingerprint density at radius 2 is 1.78 bits per heavy atom. The van der Waals surface area contributed by atoms with Gasteiger partial charge in [-0.05, 0) is 19.3 Å². The standard InChI is InChI=1S/C5H10N2O2/c8-6-7(9)4-2-1-3-5-7/h1-5H2. The third kappa shape index (κ3) is 1.46. The van der Waals surface area contributed by atoms with E-state index in [1.807, 2.05) is 0 Å². The molecule has 0 spiro atoms. The fourth-order valence-corrected chi connectivity index (χ4v) is 1.09. The van der Waals surface area contributed by atoms with Gasteiger partial charge in [-0.2, -0.15) is 4.76 Å². The van der Waals surface area contributed by atoms with Crippen LogP contribution in [0.25, 0.3) is 0 Å². The van der Waals surface area contributed by atoms with Gasteiger partial charge in [0.15, 0.2) is 5.29 Å². The van der Waals surface area contributed by atoms with Gasteiger partial charge in [-0.25, -0.2) is 0 Å². The minimum Gasteiger partial charge on any atom is -0.602 e. The van der Waals surface area contributed by atoms with Crippen LogP contribution in [0.2, 0.25) is 0 Å². The highest BCUT2D eigenvalue weighted by Crippen LogP contribution is 2.16. The molecule has 1 aliphatic rings. The molecule has 0 atom stereocenters. The van der Waals surface area contributed by atoms with Crippen molar-refractivity contribution >= 4 is 0 Å². The van der Waals surface area contributed by atoms with Gasteiger partial charge in [0.25, 0.3) is 0 Å². The van der Waals surface area contributed by atoms with Crippen molar-refractivity contribution in [3.63, 3.8) is 0 Å². The second-order valence-electron chi connectivity index (χ2n) is 2.44. The summed E-state index contributed by atoms with van der Waals surface area (Å²) >= 11 is 0. The molecule has 0 bridgehead atoms. The topological polar surface area (TPSA) is 52.5 Å². The Kier molecular flexibility index (Phi) is 1.78. The van der Waals surface area contributed by atoms with Gasteiger partial charge >= 0.3 is 0 Å². The number of rotatable bonds is 1. The largest absolute Gasteiger partial charge is 0.602 e. The maximum absolute atomic E-state index is 10.9. The number of hydrogen-bond acceptors (Lipinski definition) is 3. The predicted octanol–water partition coefficient (Wildman–Crippen LogP) is 1.17. The van der Waals surface area contributed by atoms with Crippen molar-refractivity contribution < 1.29 is 4.76 Å². The van der Waals surface area contributed by atoms with Gasteiger partial charge in [-0.3, -0.25) is 0 Å². The minimum absolute atomic E-state index is 0.378. The maximum Gasteiger partial charge on any atom is 0.153 e. The van der Waals surface area contributed by atoms with Crippen LogP contribution in [0, 0.1) is 10.1 Å². The van der Waals surface area contributed by atoms with Crippen molar-refractivity contribution in [3.05, 3.63) is 10.1 Å². The summed E-state index contributed by atoms with van der Waals surface area (Å²) in [6.45, 7) is 0.757. The predicted molar refractivity (Wildman–Crippen MR) is 33.0 cm³/mol. The third-order valence-corrected chi connectivity index (χ3v) is 1.66. The van der Waals surface area contributed by atoms with E-state index in [-0.39, 0.29) is 0 Å². The first-order chi connectivity index (χ1) is 4.27. The van der Waals surface area contributed by atoms with E-state index < -0.39 is 4.76 Å². The van der Waals surface area contributed by atoms with Crippen LogP contribution in [0.3, 0.4) is 0 Å². The lowest BCUT2D eigenvalue weighted by atomic mass is 10.2. The lowest BCUT2D eigenvalue weighted by Gasteiger charge is -2.34. The van der Waals surface area contributed by atoms with E-state index in [0.717, 1.165) is 19.3 Å². The average molecular weight is 130 g/mol. The van der Waals surface area contributed by atoms with Crippen LogP contribution in [-0.4, -0.2) is 17.8 Å². The van der Waals surface area contributed by atoms with Gasteiger partial charge in [0.1, 0.15) is 13.1 Å². The second kappa shape index (κ2) is 2.41. The minimum atomic E-state index is -0.861. The quantitative estimate of drug-likeness (QED) is 0.304. The summed E-state index contributed by atoms with van der Waals surface area (Å²) in [4.78, 5) is 9.89. The molecule has 0 N–H and O–H groups in total. The number of piperidine rings is 1. The Labute approximate surface area is 53.6 Å². The van der Waals surface area contributed by atoms with Crippen LogP contribution in [0.5, 0.6) is 0 Å². The molecule has 0 aromatic carbocycles. The smallest absolute Gasteiger partial charge is 0.153 e. The SMILES string of the molecule is O=N[N+]1([O-])CCCCC1. The fourth-order valence-electron chi connectivity index (χ4n) is 1.09. The zero-order chi connectivity index (χ0) is 6.74. The molecule has 52 valence electrons. The molecule has 1 saturated heterocycles. The Balaban J connectivity index is 2.46. The molecule has 4 heteroatoms. The van der Waals surface area contributed by atoms with Crippen LogP contribution in [0.1, 0.15) is 19.3 Å². The fraction of sp³-hybridized carbons (Fsp3) is 1.00. The first-order valence-electron chi connectivity index (χ1n) is 3.20. The molecule has 0 amide bonds. The van der Waals surface area contributed by atoms with Gasteiger partial charge in [-0.15, -0.1) is 0 Å². The molecule has 1 rings (SSSR count). The monoisotopic (exact) mass is 130 g/mol. The van der Waals surface area contributed by atoms with Crippen molar-refractivity contribution in [2.45, 2.75) is 19.3 Å². The molecule has 4 nitrogen and oxygen atoms in total. The van der Waals surface area contributed by atoms with E-state index in [1.165, 1.54) is 0 Å². The van der Waals surface area contributed by atoms with Crippen molar-refractivity contribution in [3.8, 4) is 0 Å². The number of nitrogens with zero attached hydrogens (tertiary/aromatic N) is 2. The summed E-state index contributed by atoms with van der Waals surface area (Å²) in [6.07, 6.45) is 2.75. The zero-order valence-electron chi connectivity index (χ0n) is 5.25. The van der Waals surface area contributed by atoms with Crippen LogP contribution in [0.4, 0.5) is 0 Å². The molecule has 1 heterocycles. The van der Waals surface area contributed by atoms with Crippen molar-refractivity contribution in [1.82, 2.24) is 0 Å². The first kappa shape index (κ1) is 6.64. The first-order valence-corrected chi connectivity index (χ1v) is 3.20. The molecule has 1 aliphatic heterocycles. The second-order valence-corrected chi connectivity index (χ2v) is 2.44. The van der Waals surface area contributed by atoms with Gasteiger partial charge < -0.3 is 5.21 Å². The number of hydroxylamine groups is 2. The summed E-state index contributed by atoms with van der Waals surface area (Å²) < 4.78 is -0.861. The highest BCUT2D eigenvalue weighted by atomic mass is 16.6. The van der Waals surface area contributed by atoms with Gasteiger partial charge in [0.05, 0.1) is 0 Å². The van der Waals surface area contributed by atoms with E-state index in [2.05, 4.69) is 5.29 Å². The summed E-state index contributed by atoms with van der Waals surface area (Å²) in [5.41, 5.74) is 0. The molecule has 1 fully saturated rings. The maximum atomic E-state index is 10.9. The molecular weight excluding hydrogens is 120 g/mol. The highest BCUT2D eigenvalue weighted by Gasteiger charge is 2.21. The lowest BCUT2D eigenvalue weighted by molar-refractivity contribution is -0.893. The molecule has 0 saturated carbocycles. The van der Waals surface area contributed by atoms with Gasteiger partial charge in [-0.1, -0.05) is 4.91 Å². The Morgan fingerprint density at radius 3 is 2.11 bits per heavy atom. The van der Waals surface area contributed by atoms with Crippen molar-refractivity contribution in [2.75, 3.05) is 13.1 Å². The van der Waals surface area contributed by atoms with Crippen LogP contribution in [0.15, 0.2) is 5.29 Å². The van der Waals surface area contributed by atoms with Gasteiger partial charge in [0, 0.05) is 0 Å². The average Bonchev–Trinajstić information content (AvgIpc) is 1.90. The molecule has 0 aliphatic carbocycles. The molecule has 0 aromatic rings. The summed E-state index contributed by atoms with van der Waals surface area (Å²) in [7, 11) is 0. The molecule has 0 aromatic heterocycles. The third-order valence-electron chi connectivity index (χ3n) is 1.66. The van der Waals surface area contributed by atoms with Crippen LogP contribution >= 0.6 is 0 Å². The Hall–Kier alpha value is -0.480. The van der Waals surface area contributed by atoms with Crippen molar-refractivity contribution in [1.29, 1.82) is 0 Å². The molecule has 0 unspecified atom stereocenters. The Bertz CT molecular complexity index is 110. The Morgan fingerprint density at radius 1 is 1.22 bits per heavy atom. The summed E-state index contributed by atoms with van der Waals surface area (Å²) in [5.74, 6) is 0. The van der Waals surface area contributed by atoms with Crippen LogP contribution < -0.4 is 0 Å². The number of hydrogen-bond donors (Lipinski definition) is 0. The zero-order valence-corrected chi connectivity index (χ0v) is 5.25. The molecule has 0 radical (unpaired) electrons. The normalized spacial score (nSPS) is 25.4. The van der Waals surface area contributed by atoms with E-state index in [1.54, 1.807) is 0 Å². The lowest BCUT2D eigenvalue weighted by Crippen LogP contribution is -2.40. The van der Waals surface area contributed by atoms with E-state index in [9.17, 15) is 10.1 Å². The molecular formula is C5H10N2O2. The van der Waals surface area contributed by atoms with Gasteiger partial charge in [0.2, 0.25) is 0 Å². The summed E-state index contributed by atoms with van der Waals surface area (Å²) in [6, 6.07) is 0. The number of quaternary nitrogens is 1. The van der Waals surface area contributed by atoms with Crippen LogP contribution in [-0.2, 0) is 0 Å². The highest BCUT2D eigenvalue weighted by molar-refractivity contribution is 4.50. The number of nitroso groups, excluding NO2 is 1. The van der Waals surface area contributed by atoms with E-state index in [4.69, 9.17) is 0 Å².